The Balaban J connectivity index is 3.96. The Morgan fingerprint density at radius 3 is 0.934 bits per heavy atom. The van der Waals surface area contributed by atoms with Gasteiger partial charge in [-0.2, -0.15) is 0 Å². The summed E-state index contributed by atoms with van der Waals surface area (Å²) in [5.41, 5.74) is 0. The molecular formula is C82H150NO8+. The number of carbonyl (C=O) groups excluding carboxylic acids is 2. The number of unbranched alkanes of at least 4 members (excludes halogenated alkanes) is 46. The highest BCUT2D eigenvalue weighted by Crippen LogP contribution is 2.19. The number of nitrogens with zero attached hydrogens (tertiary/aromatic N) is 1. The lowest BCUT2D eigenvalue weighted by Crippen LogP contribution is -2.40. The van der Waals surface area contributed by atoms with E-state index in [1.54, 1.807) is 0 Å². The fourth-order valence-electron chi connectivity index (χ4n) is 11.5. The first-order valence-electron chi connectivity index (χ1n) is 39.1. The predicted octanol–water partition coefficient (Wildman–Crippen LogP) is 24.8. The van der Waals surface area contributed by atoms with Crippen molar-refractivity contribution in [2.24, 2.45) is 0 Å². The molecule has 0 aliphatic rings. The van der Waals surface area contributed by atoms with Crippen molar-refractivity contribution in [1.82, 2.24) is 0 Å². The van der Waals surface area contributed by atoms with Crippen LogP contribution in [-0.4, -0.2) is 87.4 Å². The summed E-state index contributed by atoms with van der Waals surface area (Å²) in [7, 11) is 5.99. The molecule has 0 rings (SSSR count). The monoisotopic (exact) mass is 1280 g/mol. The maximum Gasteiger partial charge on any atom is 0.361 e. The first-order chi connectivity index (χ1) is 44.6. The molecule has 9 heteroatoms. The van der Waals surface area contributed by atoms with Gasteiger partial charge in [0.15, 0.2) is 6.10 Å². The van der Waals surface area contributed by atoms with Gasteiger partial charge in [0.2, 0.25) is 0 Å². The van der Waals surface area contributed by atoms with Crippen molar-refractivity contribution >= 4 is 17.9 Å². The number of aliphatic carboxylic acids is 1. The number of quaternary nitrogens is 1. The minimum Gasteiger partial charge on any atom is -0.477 e. The molecular weight excluding hydrogens is 1130 g/mol. The minimum atomic E-state index is -1.51. The first-order valence-corrected chi connectivity index (χ1v) is 39.1. The molecule has 0 aliphatic carbocycles. The summed E-state index contributed by atoms with van der Waals surface area (Å²) in [5.74, 6) is -1.98. The van der Waals surface area contributed by atoms with Gasteiger partial charge in [-0.3, -0.25) is 9.59 Å². The SMILES string of the molecule is CC/C=C\C/C=C\C/C=C\C/C=C\CCCCCCCCCCCCCCCCC(=O)OC(COC(=O)CCCCCCCCCCCCCCCCCCCCCCCCCCCCC/C=C\C/C=C\CCCCCCC)COC(OCC[N+](C)(C)C)C(=O)O. The maximum atomic E-state index is 13.0. The fraction of sp³-hybridized carbons (Fsp3) is 0.817. The van der Waals surface area contributed by atoms with Gasteiger partial charge < -0.3 is 28.5 Å². The second kappa shape index (κ2) is 72.6. The summed E-state index contributed by atoms with van der Waals surface area (Å²) in [6.07, 6.45) is 94.8. The van der Waals surface area contributed by atoms with E-state index in [9.17, 15) is 19.5 Å². The minimum absolute atomic E-state index is 0.179. The van der Waals surface area contributed by atoms with E-state index in [0.29, 0.717) is 17.4 Å². The van der Waals surface area contributed by atoms with Gasteiger partial charge in [-0.05, 0) is 83.5 Å². The van der Waals surface area contributed by atoms with Gasteiger partial charge in [-0.1, -0.05) is 350 Å². The zero-order valence-electron chi connectivity index (χ0n) is 60.8. The number of hydrogen-bond donors (Lipinski definition) is 1. The Hall–Kier alpha value is -3.27. The van der Waals surface area contributed by atoms with Gasteiger partial charge in [0.05, 0.1) is 34.4 Å². The molecule has 530 valence electrons. The molecule has 0 bridgehead atoms. The molecule has 0 amide bonds. The fourth-order valence-corrected chi connectivity index (χ4v) is 11.5. The smallest absolute Gasteiger partial charge is 0.361 e. The third-order valence-corrected chi connectivity index (χ3v) is 17.4. The van der Waals surface area contributed by atoms with E-state index in [-0.39, 0.29) is 38.2 Å². The third-order valence-electron chi connectivity index (χ3n) is 17.4. The molecule has 0 radical (unpaired) electrons. The first kappa shape index (κ1) is 87.7. The lowest BCUT2D eigenvalue weighted by atomic mass is 10.0. The van der Waals surface area contributed by atoms with Crippen molar-refractivity contribution in [3.05, 3.63) is 72.9 Å². The molecule has 0 heterocycles. The molecule has 91 heavy (non-hydrogen) atoms. The van der Waals surface area contributed by atoms with E-state index < -0.39 is 18.4 Å². The summed E-state index contributed by atoms with van der Waals surface area (Å²) < 4.78 is 23.0. The third kappa shape index (κ3) is 74.0. The van der Waals surface area contributed by atoms with Crippen LogP contribution < -0.4 is 0 Å². The summed E-state index contributed by atoms with van der Waals surface area (Å²) >= 11 is 0. The highest BCUT2D eigenvalue weighted by Gasteiger charge is 2.25. The van der Waals surface area contributed by atoms with Crippen molar-refractivity contribution < 1.29 is 42.9 Å². The Morgan fingerprint density at radius 1 is 0.341 bits per heavy atom. The van der Waals surface area contributed by atoms with E-state index in [1.807, 2.05) is 21.1 Å². The Bertz CT molecular complexity index is 1730. The Labute approximate surface area is 564 Å². The topological polar surface area (TPSA) is 108 Å². The van der Waals surface area contributed by atoms with Crippen LogP contribution in [0, 0.1) is 0 Å². The maximum absolute atomic E-state index is 13.0. The van der Waals surface area contributed by atoms with Crippen molar-refractivity contribution in [2.45, 2.75) is 386 Å². The second-order valence-electron chi connectivity index (χ2n) is 27.6. The zero-order valence-corrected chi connectivity index (χ0v) is 60.8. The lowest BCUT2D eigenvalue weighted by Gasteiger charge is -2.25. The van der Waals surface area contributed by atoms with Crippen molar-refractivity contribution in [2.75, 3.05) is 47.5 Å². The van der Waals surface area contributed by atoms with Crippen molar-refractivity contribution in [3.8, 4) is 0 Å². The van der Waals surface area contributed by atoms with E-state index >= 15 is 0 Å². The summed E-state index contributed by atoms with van der Waals surface area (Å²) in [6.45, 7) is 4.81. The van der Waals surface area contributed by atoms with Crippen LogP contribution in [0.5, 0.6) is 0 Å². The average Bonchev–Trinajstić information content (AvgIpc) is 3.46. The largest absolute Gasteiger partial charge is 0.477 e. The molecule has 0 fully saturated rings. The molecule has 0 aromatic rings. The number of esters is 2. The van der Waals surface area contributed by atoms with Crippen molar-refractivity contribution in [1.29, 1.82) is 0 Å². The predicted molar refractivity (Wildman–Crippen MR) is 392 cm³/mol. The van der Waals surface area contributed by atoms with Crippen LogP contribution in [0.2, 0.25) is 0 Å². The number of carboxylic acid groups (broad SMARTS) is 1. The molecule has 0 aromatic heterocycles. The zero-order chi connectivity index (χ0) is 66.1. The van der Waals surface area contributed by atoms with E-state index in [4.69, 9.17) is 18.9 Å². The normalized spacial score (nSPS) is 13.0. The summed E-state index contributed by atoms with van der Waals surface area (Å²) in [4.78, 5) is 37.7. The van der Waals surface area contributed by atoms with E-state index in [1.165, 1.54) is 276 Å². The van der Waals surface area contributed by atoms with Crippen LogP contribution >= 0.6 is 0 Å². The van der Waals surface area contributed by atoms with Crippen LogP contribution in [0.1, 0.15) is 373 Å². The number of ether oxygens (including phenoxy) is 4. The van der Waals surface area contributed by atoms with Crippen LogP contribution in [0.4, 0.5) is 0 Å². The summed E-state index contributed by atoms with van der Waals surface area (Å²) in [5, 5.41) is 9.76. The Morgan fingerprint density at radius 2 is 0.626 bits per heavy atom. The molecule has 0 aromatic carbocycles. The number of likely N-dealkylation sites (N-methyl/N-ethyl adjacent to an activating group) is 1. The quantitative estimate of drug-likeness (QED) is 0.0211. The average molecular weight is 1280 g/mol. The van der Waals surface area contributed by atoms with E-state index in [0.717, 1.165) is 70.6 Å². The van der Waals surface area contributed by atoms with E-state index in [2.05, 4.69) is 86.8 Å². The highest BCUT2D eigenvalue weighted by molar-refractivity contribution is 5.71. The number of allylic oxidation sites excluding steroid dienone is 12. The number of carbonyl (C=O) groups is 3. The number of rotatable bonds is 73. The number of carboxylic acids is 1. The van der Waals surface area contributed by atoms with Gasteiger partial charge in [-0.25, -0.2) is 4.79 Å². The van der Waals surface area contributed by atoms with Crippen LogP contribution in [0.3, 0.4) is 0 Å². The Kier molecular flexibility index (Phi) is 69.9. The summed E-state index contributed by atoms with van der Waals surface area (Å²) in [6, 6.07) is 0. The molecule has 0 saturated heterocycles. The van der Waals surface area contributed by atoms with Crippen LogP contribution in [0.25, 0.3) is 0 Å². The molecule has 9 nitrogen and oxygen atoms in total. The van der Waals surface area contributed by atoms with Gasteiger partial charge in [0.1, 0.15) is 13.2 Å². The highest BCUT2D eigenvalue weighted by atomic mass is 16.7. The molecule has 1 N–H and O–H groups in total. The molecule has 0 aliphatic heterocycles. The van der Waals surface area contributed by atoms with Crippen LogP contribution in [-0.2, 0) is 33.3 Å². The molecule has 0 spiro atoms. The van der Waals surface area contributed by atoms with Crippen molar-refractivity contribution in [3.63, 3.8) is 0 Å². The van der Waals surface area contributed by atoms with Crippen LogP contribution in [0.15, 0.2) is 72.9 Å². The number of hydrogen-bond acceptors (Lipinski definition) is 7. The lowest BCUT2D eigenvalue weighted by molar-refractivity contribution is -0.870. The van der Waals surface area contributed by atoms with Gasteiger partial charge >= 0.3 is 17.9 Å². The molecule has 0 saturated carbocycles. The van der Waals surface area contributed by atoms with Gasteiger partial charge in [0.25, 0.3) is 6.29 Å². The second-order valence-corrected chi connectivity index (χ2v) is 27.6. The molecule has 2 atom stereocenters. The molecule has 2 unspecified atom stereocenters. The standard InChI is InChI=1S/C82H149NO8/c1-6-8-10-12-14-16-18-20-22-24-26-28-30-32-34-35-36-37-38-39-40-41-42-43-44-45-47-48-50-52-54-56-58-60-62-64-66-68-70-72-79(84)89-76-78(77-90-82(81(86)87)88-75-74-83(3,4)5)91-80(85)73-71-69-67-65-63-61-59-57-55-53-51-49-46-33-31-29-27-25-23-21-19-17-15-13-11-9-7-2/h9,11,15,17-18,20-21,23-24,26-27,29,78,82H,6-8,10,12-14,16,19,22,25,28,30-77H2,1-5H3/p+1/b11-9-,17-15-,20-18-,23-21-,26-24-,29-27-. The van der Waals surface area contributed by atoms with Gasteiger partial charge in [-0.15, -0.1) is 0 Å². The van der Waals surface area contributed by atoms with Gasteiger partial charge in [0, 0.05) is 12.8 Å².